The van der Waals surface area contributed by atoms with Gasteiger partial charge in [-0.25, -0.2) is 9.59 Å². The van der Waals surface area contributed by atoms with Crippen LogP contribution in [-0.2, 0) is 20.9 Å². The van der Waals surface area contributed by atoms with E-state index in [2.05, 4.69) is 5.32 Å². The van der Waals surface area contributed by atoms with Gasteiger partial charge in [0, 0.05) is 6.54 Å². The largest absolute Gasteiger partial charge is 0.461 e. The zero-order valence-corrected chi connectivity index (χ0v) is 14.4. The van der Waals surface area contributed by atoms with Crippen molar-refractivity contribution < 1.29 is 19.1 Å². The number of carbonyl (C=O) groups is 2. The van der Waals surface area contributed by atoms with Crippen molar-refractivity contribution in [3.05, 3.63) is 35.9 Å². The Kier molecular flexibility index (Phi) is 9.19. The normalized spacial score (nSPS) is 15.7. The molecule has 24 heavy (non-hydrogen) atoms. The van der Waals surface area contributed by atoms with Gasteiger partial charge < -0.3 is 20.5 Å². The second-order valence-corrected chi connectivity index (χ2v) is 5.69. The molecule has 3 N–H and O–H groups in total. The molecule has 1 saturated carbocycles. The lowest BCUT2D eigenvalue weighted by atomic mass is 9.98. The number of hydrogen-bond donors (Lipinski definition) is 2. The van der Waals surface area contributed by atoms with E-state index in [1.165, 1.54) is 6.42 Å². The maximum absolute atomic E-state index is 12.1. The number of nitrogens with one attached hydrogen (secondary N) is 1. The average molecular weight is 357 g/mol. The van der Waals surface area contributed by atoms with E-state index in [1.807, 2.05) is 30.3 Å². The van der Waals surface area contributed by atoms with Gasteiger partial charge in [0.15, 0.2) is 0 Å². The van der Waals surface area contributed by atoms with Crippen LogP contribution in [0.3, 0.4) is 0 Å². The number of hydrogen-bond acceptors (Lipinski definition) is 5. The zero-order valence-electron chi connectivity index (χ0n) is 13.6. The highest BCUT2D eigenvalue weighted by atomic mass is 35.5. The minimum atomic E-state index is -0.875. The summed E-state index contributed by atoms with van der Waals surface area (Å²) in [5.41, 5.74) is 6.44. The van der Waals surface area contributed by atoms with Crippen molar-refractivity contribution in [3.63, 3.8) is 0 Å². The maximum Gasteiger partial charge on any atom is 0.408 e. The molecule has 6 nitrogen and oxygen atoms in total. The van der Waals surface area contributed by atoms with E-state index in [-0.39, 0.29) is 31.7 Å². The fourth-order valence-corrected chi connectivity index (χ4v) is 2.55. The van der Waals surface area contributed by atoms with Crippen LogP contribution in [0.15, 0.2) is 30.3 Å². The van der Waals surface area contributed by atoms with Crippen LogP contribution in [0.4, 0.5) is 4.79 Å². The first kappa shape index (κ1) is 20.3. The highest BCUT2D eigenvalue weighted by molar-refractivity contribution is 5.85. The topological polar surface area (TPSA) is 90.6 Å². The Labute approximate surface area is 148 Å². The maximum atomic E-state index is 12.1. The van der Waals surface area contributed by atoms with Crippen LogP contribution in [0.5, 0.6) is 0 Å². The van der Waals surface area contributed by atoms with Crippen molar-refractivity contribution in [2.24, 2.45) is 5.73 Å². The molecule has 1 aliphatic rings. The SMILES string of the molecule is Cl.NC[C@@H](NC(=O)OCc1ccccc1)C(=O)OC1CCCCC1. The number of halogens is 1. The average Bonchev–Trinajstić information content (AvgIpc) is 2.59. The predicted molar refractivity (Wildman–Crippen MR) is 92.8 cm³/mol. The summed E-state index contributed by atoms with van der Waals surface area (Å²) in [6.07, 6.45) is 4.33. The molecule has 0 aromatic heterocycles. The summed E-state index contributed by atoms with van der Waals surface area (Å²) in [5.74, 6) is -0.490. The first-order valence-corrected chi connectivity index (χ1v) is 8.07. The first-order chi connectivity index (χ1) is 11.2. The molecule has 0 bridgehead atoms. The Balaban J connectivity index is 0.00000288. The highest BCUT2D eigenvalue weighted by Crippen LogP contribution is 2.20. The van der Waals surface area contributed by atoms with Crippen LogP contribution >= 0.6 is 12.4 Å². The highest BCUT2D eigenvalue weighted by Gasteiger charge is 2.25. The summed E-state index contributed by atoms with van der Waals surface area (Å²) in [7, 11) is 0. The van der Waals surface area contributed by atoms with E-state index < -0.39 is 18.1 Å². The summed E-state index contributed by atoms with van der Waals surface area (Å²) in [6.45, 7) is 0.119. The van der Waals surface area contributed by atoms with Crippen molar-refractivity contribution in [1.29, 1.82) is 0 Å². The molecular weight excluding hydrogens is 332 g/mol. The van der Waals surface area contributed by atoms with Gasteiger partial charge in [-0.05, 0) is 31.2 Å². The molecule has 7 heteroatoms. The molecule has 0 aliphatic heterocycles. The molecule has 134 valence electrons. The van der Waals surface area contributed by atoms with Gasteiger partial charge in [-0.15, -0.1) is 12.4 Å². The third-order valence-corrected chi connectivity index (χ3v) is 3.86. The van der Waals surface area contributed by atoms with E-state index in [0.29, 0.717) is 0 Å². The van der Waals surface area contributed by atoms with Gasteiger partial charge in [0.2, 0.25) is 0 Å². The Morgan fingerprint density at radius 1 is 1.17 bits per heavy atom. The number of esters is 1. The molecule has 1 aromatic carbocycles. The van der Waals surface area contributed by atoms with E-state index in [1.54, 1.807) is 0 Å². The van der Waals surface area contributed by atoms with Gasteiger partial charge in [-0.2, -0.15) is 0 Å². The number of amides is 1. The third-order valence-electron chi connectivity index (χ3n) is 3.86. The number of rotatable bonds is 6. The van der Waals surface area contributed by atoms with Crippen molar-refractivity contribution in [2.75, 3.05) is 6.54 Å². The molecule has 1 fully saturated rings. The Morgan fingerprint density at radius 3 is 2.46 bits per heavy atom. The molecule has 1 atom stereocenters. The Morgan fingerprint density at radius 2 is 1.83 bits per heavy atom. The van der Waals surface area contributed by atoms with Crippen molar-refractivity contribution in [2.45, 2.75) is 50.9 Å². The van der Waals surface area contributed by atoms with Gasteiger partial charge in [0.05, 0.1) is 0 Å². The molecular formula is C17H25ClN2O4. The molecule has 0 saturated heterocycles. The lowest BCUT2D eigenvalue weighted by molar-refractivity contribution is -0.152. The molecule has 2 rings (SSSR count). The lowest BCUT2D eigenvalue weighted by Crippen LogP contribution is -2.47. The van der Waals surface area contributed by atoms with Crippen LogP contribution in [0.25, 0.3) is 0 Å². The Bertz CT molecular complexity index is 507. The molecule has 0 unspecified atom stereocenters. The van der Waals surface area contributed by atoms with Crippen LogP contribution in [-0.4, -0.2) is 30.8 Å². The summed E-state index contributed by atoms with van der Waals surface area (Å²) in [4.78, 5) is 23.9. The Hall–Kier alpha value is -1.79. The number of ether oxygens (including phenoxy) is 2. The molecule has 0 heterocycles. The number of benzene rings is 1. The summed E-state index contributed by atoms with van der Waals surface area (Å²) in [5, 5.41) is 2.47. The number of carbonyl (C=O) groups excluding carboxylic acids is 2. The quantitative estimate of drug-likeness (QED) is 0.764. The van der Waals surface area contributed by atoms with Crippen LogP contribution in [0, 0.1) is 0 Å². The molecule has 0 spiro atoms. The van der Waals surface area contributed by atoms with Gasteiger partial charge in [-0.1, -0.05) is 36.8 Å². The fourth-order valence-electron chi connectivity index (χ4n) is 2.55. The van der Waals surface area contributed by atoms with Gasteiger partial charge in [0.1, 0.15) is 18.8 Å². The van der Waals surface area contributed by atoms with Crippen molar-refractivity contribution in [1.82, 2.24) is 5.32 Å². The molecule has 1 aliphatic carbocycles. The van der Waals surface area contributed by atoms with Crippen LogP contribution < -0.4 is 11.1 Å². The number of nitrogens with two attached hydrogens (primary N) is 1. The summed E-state index contributed by atoms with van der Waals surface area (Å²) in [6, 6.07) is 8.44. The zero-order chi connectivity index (χ0) is 16.5. The van der Waals surface area contributed by atoms with Gasteiger partial charge in [0.25, 0.3) is 0 Å². The monoisotopic (exact) mass is 356 g/mol. The minimum Gasteiger partial charge on any atom is -0.461 e. The van der Waals surface area contributed by atoms with Gasteiger partial charge >= 0.3 is 12.1 Å². The number of alkyl carbamates (subject to hydrolysis) is 1. The second kappa shape index (κ2) is 10.9. The minimum absolute atomic E-state index is 0. The smallest absolute Gasteiger partial charge is 0.408 e. The molecule has 0 radical (unpaired) electrons. The van der Waals surface area contributed by atoms with Crippen LogP contribution in [0.2, 0.25) is 0 Å². The predicted octanol–water partition coefficient (Wildman–Crippen LogP) is 2.54. The third kappa shape index (κ3) is 6.76. The van der Waals surface area contributed by atoms with E-state index >= 15 is 0 Å². The van der Waals surface area contributed by atoms with Crippen molar-refractivity contribution >= 4 is 24.5 Å². The standard InChI is InChI=1S/C17H24N2O4.ClH/c18-11-15(16(20)23-14-9-5-2-6-10-14)19-17(21)22-12-13-7-3-1-4-8-13;/h1,3-4,7-8,14-15H,2,5-6,9-12,18H2,(H,19,21);1H/t15-;/m1./s1. The van der Waals surface area contributed by atoms with E-state index in [9.17, 15) is 9.59 Å². The summed E-state index contributed by atoms with van der Waals surface area (Å²) < 4.78 is 10.5. The second-order valence-electron chi connectivity index (χ2n) is 5.69. The molecule has 1 amide bonds. The van der Waals surface area contributed by atoms with E-state index in [4.69, 9.17) is 15.2 Å². The van der Waals surface area contributed by atoms with Crippen molar-refractivity contribution in [3.8, 4) is 0 Å². The molecule has 1 aromatic rings. The summed E-state index contributed by atoms with van der Waals surface area (Å²) >= 11 is 0. The van der Waals surface area contributed by atoms with Gasteiger partial charge in [-0.3, -0.25) is 0 Å². The first-order valence-electron chi connectivity index (χ1n) is 8.07. The fraction of sp³-hybridized carbons (Fsp3) is 0.529. The van der Waals surface area contributed by atoms with E-state index in [0.717, 1.165) is 31.2 Å². The van der Waals surface area contributed by atoms with Crippen LogP contribution in [0.1, 0.15) is 37.7 Å². The lowest BCUT2D eigenvalue weighted by Gasteiger charge is -2.24.